The van der Waals surface area contributed by atoms with E-state index in [0.717, 1.165) is 26.3 Å². The zero-order valence-corrected chi connectivity index (χ0v) is 30.7. The lowest BCUT2D eigenvalue weighted by Gasteiger charge is -2.51. The van der Waals surface area contributed by atoms with Gasteiger partial charge in [-0.2, -0.15) is 0 Å². The molecular formula is C37H45NO16. The molecule has 3 saturated heterocycles. The number of methoxy groups -OCH3 is 1. The van der Waals surface area contributed by atoms with Crippen molar-refractivity contribution in [1.82, 2.24) is 5.32 Å². The number of amides is 1. The van der Waals surface area contributed by atoms with Gasteiger partial charge in [0.2, 0.25) is 5.91 Å². The van der Waals surface area contributed by atoms with Gasteiger partial charge in [0.15, 0.2) is 37.2 Å². The van der Waals surface area contributed by atoms with Crippen molar-refractivity contribution in [2.45, 2.75) is 109 Å². The van der Waals surface area contributed by atoms with Crippen LogP contribution in [0, 0.1) is 0 Å². The van der Waals surface area contributed by atoms with E-state index in [0.29, 0.717) is 11.3 Å². The molecule has 2 aromatic carbocycles. The second-order valence-electron chi connectivity index (χ2n) is 12.8. The first kappa shape index (κ1) is 40.5. The fourth-order valence-electron chi connectivity index (χ4n) is 6.40. The Balaban J connectivity index is 1.55. The van der Waals surface area contributed by atoms with E-state index in [4.69, 9.17) is 52.1 Å². The van der Waals surface area contributed by atoms with Crippen molar-refractivity contribution in [2.24, 2.45) is 0 Å². The number of nitrogens with one attached hydrogen (secondary N) is 1. The fraction of sp³-hybridized carbons (Fsp3) is 0.541. The van der Waals surface area contributed by atoms with Crippen molar-refractivity contribution in [2.75, 3.05) is 20.3 Å². The van der Waals surface area contributed by atoms with Gasteiger partial charge in [-0.25, -0.2) is 0 Å². The molecule has 2 aromatic rings. The minimum Gasteiger partial charge on any atom is -0.497 e. The maximum atomic E-state index is 12.8. The van der Waals surface area contributed by atoms with Gasteiger partial charge in [0, 0.05) is 40.2 Å². The van der Waals surface area contributed by atoms with E-state index >= 15 is 0 Å². The maximum Gasteiger partial charge on any atom is 0.303 e. The second-order valence-corrected chi connectivity index (χ2v) is 12.8. The topological polar surface area (TPSA) is 199 Å². The Morgan fingerprint density at radius 3 is 1.98 bits per heavy atom. The van der Waals surface area contributed by atoms with Gasteiger partial charge in [0.25, 0.3) is 0 Å². The molecule has 3 aliphatic rings. The number of hydrogen-bond donors (Lipinski definition) is 1. The van der Waals surface area contributed by atoms with Gasteiger partial charge in [-0.3, -0.25) is 24.0 Å². The van der Waals surface area contributed by atoms with E-state index in [2.05, 4.69) is 5.32 Å². The standard InChI is InChI=1S/C37H45NO16/c1-19(39)38-29-32(54-37-34(50-23(5)43)33(49-22(4)42)31(48-21(3)41)27(52-37)17-45-20(2)40)30-28(18-47-35(53-30)25-10-8-7-9-11-25)51-36(29)46-16-24-12-14-26(44-6)15-13-24/h7-15,27-37H,16-18H2,1-6H3,(H,38,39)/t27-,28-,29-,30-,31-,32-,33+,34-,35?,36-,37+/m1/s1. The normalized spacial score (nSPS) is 30.5. The maximum absolute atomic E-state index is 12.8. The van der Waals surface area contributed by atoms with Crippen LogP contribution in [0.25, 0.3) is 0 Å². The summed E-state index contributed by atoms with van der Waals surface area (Å²) in [5.74, 6) is -2.91. The molecule has 0 saturated carbocycles. The summed E-state index contributed by atoms with van der Waals surface area (Å²) >= 11 is 0. The lowest BCUT2D eigenvalue weighted by molar-refractivity contribution is -0.379. The number of esters is 4. The minimum absolute atomic E-state index is 0.0118. The van der Waals surface area contributed by atoms with Gasteiger partial charge in [-0.05, 0) is 17.7 Å². The number of ether oxygens (including phenoxy) is 11. The molecule has 54 heavy (non-hydrogen) atoms. The van der Waals surface area contributed by atoms with E-state index in [9.17, 15) is 24.0 Å². The Hall–Kier alpha value is -4.65. The molecule has 3 heterocycles. The third-order valence-corrected chi connectivity index (χ3v) is 8.59. The molecule has 0 bridgehead atoms. The predicted molar refractivity (Wildman–Crippen MR) is 181 cm³/mol. The lowest BCUT2D eigenvalue weighted by atomic mass is 9.94. The molecule has 5 rings (SSSR count). The monoisotopic (exact) mass is 759 g/mol. The second kappa shape index (κ2) is 18.6. The lowest BCUT2D eigenvalue weighted by Crippen LogP contribution is -2.70. The van der Waals surface area contributed by atoms with Crippen LogP contribution in [-0.4, -0.2) is 111 Å². The summed E-state index contributed by atoms with van der Waals surface area (Å²) in [6.07, 6.45) is -12.4. The predicted octanol–water partition coefficient (Wildman–Crippen LogP) is 2.02. The summed E-state index contributed by atoms with van der Waals surface area (Å²) in [6, 6.07) is 15.2. The van der Waals surface area contributed by atoms with Gasteiger partial charge < -0.3 is 57.4 Å². The highest BCUT2D eigenvalue weighted by Gasteiger charge is 2.57. The summed E-state index contributed by atoms with van der Waals surface area (Å²) < 4.78 is 65.4. The highest BCUT2D eigenvalue weighted by atomic mass is 16.8. The molecule has 3 fully saturated rings. The molecule has 0 aromatic heterocycles. The van der Waals surface area contributed by atoms with E-state index in [1.165, 1.54) is 13.8 Å². The number of rotatable bonds is 13. The molecular weight excluding hydrogens is 714 g/mol. The van der Waals surface area contributed by atoms with Crippen LogP contribution in [0.3, 0.4) is 0 Å². The summed E-state index contributed by atoms with van der Waals surface area (Å²) in [7, 11) is 1.55. The number of carbonyl (C=O) groups is 5. The van der Waals surface area contributed by atoms with E-state index in [-0.39, 0.29) is 13.2 Å². The zero-order chi connectivity index (χ0) is 38.9. The Labute approximate surface area is 311 Å². The van der Waals surface area contributed by atoms with Crippen LogP contribution in [-0.2, 0) is 77.9 Å². The zero-order valence-electron chi connectivity index (χ0n) is 30.7. The molecule has 1 unspecified atom stereocenters. The van der Waals surface area contributed by atoms with Crippen LogP contribution in [0.1, 0.15) is 52.0 Å². The largest absolute Gasteiger partial charge is 0.497 e. The summed E-state index contributed by atoms with van der Waals surface area (Å²) in [5, 5.41) is 2.86. The first-order chi connectivity index (χ1) is 25.8. The van der Waals surface area contributed by atoms with Crippen LogP contribution in [0.15, 0.2) is 54.6 Å². The molecule has 294 valence electrons. The molecule has 17 heteroatoms. The van der Waals surface area contributed by atoms with Gasteiger partial charge >= 0.3 is 23.9 Å². The Bertz CT molecular complexity index is 1600. The fourth-order valence-corrected chi connectivity index (χ4v) is 6.40. The van der Waals surface area contributed by atoms with Gasteiger partial charge in [-0.1, -0.05) is 42.5 Å². The van der Waals surface area contributed by atoms with Crippen LogP contribution < -0.4 is 10.1 Å². The van der Waals surface area contributed by atoms with E-state index in [1.54, 1.807) is 31.4 Å². The first-order valence-corrected chi connectivity index (χ1v) is 17.3. The van der Waals surface area contributed by atoms with Crippen LogP contribution in [0.2, 0.25) is 0 Å². The average molecular weight is 760 g/mol. The molecule has 17 nitrogen and oxygen atoms in total. The Kier molecular flexibility index (Phi) is 14.0. The highest BCUT2D eigenvalue weighted by molar-refractivity contribution is 5.73. The number of benzene rings is 2. The minimum atomic E-state index is -1.60. The van der Waals surface area contributed by atoms with Crippen molar-refractivity contribution in [3.8, 4) is 5.75 Å². The summed E-state index contributed by atoms with van der Waals surface area (Å²) in [6.45, 7) is 5.40. The van der Waals surface area contributed by atoms with E-state index in [1.807, 2.05) is 30.3 Å². The van der Waals surface area contributed by atoms with Crippen LogP contribution in [0.5, 0.6) is 5.75 Å². The molecule has 3 aliphatic heterocycles. The number of fused-ring (bicyclic) bond motifs is 1. The molecule has 1 N–H and O–H groups in total. The Morgan fingerprint density at radius 2 is 1.37 bits per heavy atom. The van der Waals surface area contributed by atoms with Crippen LogP contribution >= 0.6 is 0 Å². The van der Waals surface area contributed by atoms with Gasteiger partial charge in [0.1, 0.15) is 42.8 Å². The quantitative estimate of drug-likeness (QED) is 0.230. The van der Waals surface area contributed by atoms with Crippen molar-refractivity contribution < 1.29 is 76.1 Å². The molecule has 0 radical (unpaired) electrons. The van der Waals surface area contributed by atoms with Crippen molar-refractivity contribution in [3.05, 3.63) is 65.7 Å². The van der Waals surface area contributed by atoms with Crippen LogP contribution in [0.4, 0.5) is 0 Å². The number of hydrogen-bond acceptors (Lipinski definition) is 16. The third-order valence-electron chi connectivity index (χ3n) is 8.59. The van der Waals surface area contributed by atoms with Crippen molar-refractivity contribution >= 4 is 29.8 Å². The smallest absolute Gasteiger partial charge is 0.303 e. The average Bonchev–Trinajstić information content (AvgIpc) is 3.13. The first-order valence-electron chi connectivity index (χ1n) is 17.3. The molecule has 0 spiro atoms. The highest BCUT2D eigenvalue weighted by Crippen LogP contribution is 2.39. The van der Waals surface area contributed by atoms with Gasteiger partial charge in [-0.15, -0.1) is 0 Å². The molecule has 11 atom stereocenters. The summed E-state index contributed by atoms with van der Waals surface area (Å²) in [4.78, 5) is 62.0. The Morgan fingerprint density at radius 1 is 0.722 bits per heavy atom. The van der Waals surface area contributed by atoms with Gasteiger partial charge in [0.05, 0.1) is 20.3 Å². The molecule has 1 amide bonds. The summed E-state index contributed by atoms with van der Waals surface area (Å²) in [5.41, 5.74) is 1.45. The van der Waals surface area contributed by atoms with E-state index < -0.39 is 104 Å². The molecule has 0 aliphatic carbocycles. The third kappa shape index (κ3) is 10.5. The van der Waals surface area contributed by atoms with Crippen molar-refractivity contribution in [3.63, 3.8) is 0 Å². The SMILES string of the molecule is COc1ccc(CO[C@@H]2O[C@@H]3COC(c4ccccc4)O[C@H]3[C@H](O[C@@H]3O[C@H](COC(C)=O)[C@@H](OC(C)=O)[C@H](OC(C)=O)[C@H]3OC(C)=O)[C@H]2NC(C)=O)cc1. The van der Waals surface area contributed by atoms with Crippen molar-refractivity contribution in [1.29, 1.82) is 0 Å². The number of carbonyl (C=O) groups excluding carboxylic acids is 5.